The molecule has 0 nitrogen and oxygen atoms in total. The summed E-state index contributed by atoms with van der Waals surface area (Å²) >= 11 is 0. The molecule has 0 aliphatic carbocycles. The molecular weight excluding hydrogens is 7620 g/mol. The molecule has 32 heavy (non-hydrogen) atoms. The van der Waals surface area contributed by atoms with Gasteiger partial charge in [-0.1, -0.05) is 0 Å². The van der Waals surface area contributed by atoms with Gasteiger partial charge in [-0.15, -0.1) is 0 Å². The van der Waals surface area contributed by atoms with Gasteiger partial charge >= 0.3 is 0 Å². The first-order valence-corrected chi connectivity index (χ1v) is 0. The summed E-state index contributed by atoms with van der Waals surface area (Å²) in [7, 11) is 0. The third kappa shape index (κ3) is 221. The Morgan fingerprint density at radius 1 is 0.0312 bits per heavy atom. The molecule has 0 aromatic heterocycles. The van der Waals surface area contributed by atoms with Gasteiger partial charge in [0.05, 0.1) is 0 Å². The van der Waals surface area contributed by atoms with Crippen LogP contribution in [0.2, 0.25) is 0 Å². The van der Waals surface area contributed by atoms with E-state index in [0.29, 0.717) is 0 Å². The van der Waals surface area contributed by atoms with Crippen molar-refractivity contribution in [3.05, 3.63) is 0 Å². The molecule has 0 atom stereocenters. The van der Waals surface area contributed by atoms with Crippen molar-refractivity contribution < 1.29 is 996 Å². The summed E-state index contributed by atoms with van der Waals surface area (Å²) in [4.78, 5) is 0. The fourth-order valence-electron chi connectivity index (χ4n) is 0. The molecule has 0 fully saturated rings. The maximum Gasteiger partial charge on any atom is 0 e. The van der Waals surface area contributed by atoms with Crippen molar-refractivity contribution in [2.45, 2.75) is 0 Å². The first-order valence-electron chi connectivity index (χ1n) is 0. The van der Waals surface area contributed by atoms with Gasteiger partial charge in [-0.05, 0) is 0 Å². The Hall–Kier alpha value is 33.7. The summed E-state index contributed by atoms with van der Waals surface area (Å²) in [6.45, 7) is 0. The van der Waals surface area contributed by atoms with Crippen LogP contribution in [0.1, 0.15) is 0 Å². The summed E-state index contributed by atoms with van der Waals surface area (Å²) in [6, 6.07) is 0. The Kier molecular flexibility index (Phi) is 1750. The van der Waals surface area contributed by atoms with Gasteiger partial charge in [0.15, 0.2) is 0 Å². The SMILES string of the molecule is [U].[U].[U].[U].[U].[U].[U].[U].[U].[U].[U].[U].[U].[U].[U].[U].[U].[U].[U].[U].[U].[U].[U].[U].[U].[U].[U].[U].[U].[U].[U].[U]. The van der Waals surface area contributed by atoms with Crippen LogP contribution in [-0.4, -0.2) is 0 Å². The number of hydrogen-bond donors (Lipinski definition) is 0. The molecule has 0 unspecified atom stereocenters. The summed E-state index contributed by atoms with van der Waals surface area (Å²) in [5, 5.41) is 0. The van der Waals surface area contributed by atoms with Gasteiger partial charge in [0, 0.05) is 996 Å². The quantitative estimate of drug-likeness (QED) is 0.321. The molecule has 0 aromatic rings. The van der Waals surface area contributed by atoms with Gasteiger partial charge in [-0.3, -0.25) is 0 Å². The number of rotatable bonds is 0. The van der Waals surface area contributed by atoms with Crippen molar-refractivity contribution in [1.82, 2.24) is 0 Å². The van der Waals surface area contributed by atoms with E-state index in [9.17, 15) is 0 Å². The zero-order valence-corrected chi connectivity index (χ0v) is 149. The summed E-state index contributed by atoms with van der Waals surface area (Å²) in [6.07, 6.45) is 0. The minimum absolute atomic E-state index is 0. The van der Waals surface area contributed by atoms with Gasteiger partial charge in [-0.2, -0.15) is 0 Å². The fraction of sp³-hybridized carbons (Fsp3) is 0. The van der Waals surface area contributed by atoms with E-state index >= 15 is 0 Å². The van der Waals surface area contributed by atoms with Crippen molar-refractivity contribution >= 4 is 0 Å². The molecule has 0 aliphatic heterocycles. The second-order valence-corrected chi connectivity index (χ2v) is 0. The Morgan fingerprint density at radius 2 is 0.0312 bits per heavy atom. The van der Waals surface area contributed by atoms with Crippen LogP contribution in [0, 0.1) is 996 Å². The van der Waals surface area contributed by atoms with Crippen molar-refractivity contribution in [1.29, 1.82) is 0 Å². The molecule has 0 radical (unpaired) electrons. The van der Waals surface area contributed by atoms with Crippen LogP contribution >= 0.6 is 0 Å². The van der Waals surface area contributed by atoms with Crippen LogP contribution < -0.4 is 0 Å². The van der Waals surface area contributed by atoms with Crippen molar-refractivity contribution in [3.8, 4) is 0 Å². The van der Waals surface area contributed by atoms with Crippen LogP contribution in [0.25, 0.3) is 0 Å². The first-order chi connectivity index (χ1) is 0. The molecule has 0 spiro atoms. The third-order valence-electron chi connectivity index (χ3n) is 0. The van der Waals surface area contributed by atoms with E-state index in [1.165, 1.54) is 0 Å². The van der Waals surface area contributed by atoms with E-state index < -0.39 is 0 Å². The van der Waals surface area contributed by atoms with Gasteiger partial charge < -0.3 is 0 Å². The van der Waals surface area contributed by atoms with E-state index in [0.717, 1.165) is 0 Å². The van der Waals surface area contributed by atoms with E-state index in [1.54, 1.807) is 0 Å². The molecule has 0 aliphatic rings. The standard InChI is InChI=1S/32U. The van der Waals surface area contributed by atoms with Crippen LogP contribution in [0.4, 0.5) is 0 Å². The summed E-state index contributed by atoms with van der Waals surface area (Å²) in [5.41, 5.74) is 0. The van der Waals surface area contributed by atoms with E-state index in [4.69, 9.17) is 0 Å². The van der Waals surface area contributed by atoms with Gasteiger partial charge in [0.2, 0.25) is 0 Å². The Bertz CT molecular complexity index is 0. The van der Waals surface area contributed by atoms with Crippen molar-refractivity contribution in [3.63, 3.8) is 0 Å². The largest absolute Gasteiger partial charge is 0 e. The monoisotopic (exact) mass is 7620 g/mol. The second kappa shape index (κ2) is 231. The zero-order valence-electron chi connectivity index (χ0n) is 16.0. The molecule has 0 heterocycles. The van der Waals surface area contributed by atoms with E-state index in [2.05, 4.69) is 0 Å². The van der Waals surface area contributed by atoms with Crippen LogP contribution in [0.3, 0.4) is 0 Å². The van der Waals surface area contributed by atoms with Crippen molar-refractivity contribution in [2.24, 2.45) is 0 Å². The van der Waals surface area contributed by atoms with Crippen molar-refractivity contribution in [2.75, 3.05) is 0 Å². The fourth-order valence-corrected chi connectivity index (χ4v) is 0. The average Bonchev–Trinajstić information content (AvgIpc) is 0. The number of hydrogen-bond acceptors (Lipinski definition) is 0. The van der Waals surface area contributed by atoms with Gasteiger partial charge in [0.25, 0.3) is 0 Å². The molecule has 0 saturated carbocycles. The van der Waals surface area contributed by atoms with E-state index in [-0.39, 0.29) is 996 Å². The third-order valence-corrected chi connectivity index (χ3v) is 0. The maximum absolute atomic E-state index is 0. The van der Waals surface area contributed by atoms with Crippen LogP contribution in [0.5, 0.6) is 0 Å². The maximum atomic E-state index is 0. The first kappa shape index (κ1) is 242. The Balaban J connectivity index is 0. The normalized spacial score (nSPS) is 0. The Labute approximate surface area is 958 Å². The predicted octanol–water partition coefficient (Wildman–Crippen LogP) is 0. The molecule has 0 amide bonds. The minimum atomic E-state index is 0. The molecule has 0 bridgehead atoms. The molecule has 0 saturated heterocycles. The molecule has 32 heteroatoms. The minimum Gasteiger partial charge on any atom is 0 e. The molecule has 128 valence electrons. The van der Waals surface area contributed by atoms with E-state index in [1.807, 2.05) is 0 Å². The molecular formula is U32. The van der Waals surface area contributed by atoms with Crippen LogP contribution in [-0.2, 0) is 0 Å². The zero-order chi connectivity index (χ0) is 0. The van der Waals surface area contributed by atoms with Gasteiger partial charge in [-0.25, -0.2) is 0 Å². The predicted molar refractivity (Wildman–Crippen MR) is 0 cm³/mol. The van der Waals surface area contributed by atoms with Gasteiger partial charge in [0.1, 0.15) is 0 Å². The smallest absolute Gasteiger partial charge is 0 e. The topological polar surface area (TPSA) is 0 Å². The average molecular weight is 7620 g/mol. The second-order valence-electron chi connectivity index (χ2n) is 0. The summed E-state index contributed by atoms with van der Waals surface area (Å²) < 4.78 is 0. The molecule has 0 aromatic carbocycles. The Morgan fingerprint density at radius 3 is 0.0312 bits per heavy atom. The molecule has 0 rings (SSSR count). The molecule has 0 N–H and O–H groups in total. The van der Waals surface area contributed by atoms with Crippen LogP contribution in [0.15, 0.2) is 0 Å². The summed E-state index contributed by atoms with van der Waals surface area (Å²) in [5.74, 6) is 0.